The number of nitrogens with one attached hydrogen (secondary N) is 1. The average molecular weight is 656 g/mol. The summed E-state index contributed by atoms with van der Waals surface area (Å²) in [5.41, 5.74) is 8.18. The van der Waals surface area contributed by atoms with Crippen molar-refractivity contribution in [1.29, 1.82) is 0 Å². The summed E-state index contributed by atoms with van der Waals surface area (Å²) in [7, 11) is 1.33. The van der Waals surface area contributed by atoms with Crippen molar-refractivity contribution in [1.82, 2.24) is 5.32 Å². The summed E-state index contributed by atoms with van der Waals surface area (Å²) in [5, 5.41) is 48.2. The maximum Gasteiger partial charge on any atom is 0.237 e. The standard InChI is InChI=1S/C33H41N3O11/c1-14-27(38)19(36-32(43)18(35)8-4-5-10-34)11-22(46-14)47-21-13-33(44,15(2)37)12-17-24(21)31(42)26-25(29(17)40)28(39)16-7-6-9-20(45-3)23(16)30(26)41/h6-7,9,14,18-19,21-22,27,38,40,42,44H,4-5,8,10-13,34-35H2,1-3H3,(H,36,43)/t14-,18-,19-,21-,22+,27-,33+/m1/s1. The second-order valence-electron chi connectivity index (χ2n) is 12.5. The highest BCUT2D eigenvalue weighted by atomic mass is 16.7. The van der Waals surface area contributed by atoms with Crippen LogP contribution in [0, 0.1) is 0 Å². The van der Waals surface area contributed by atoms with Crippen molar-refractivity contribution in [2.24, 2.45) is 11.5 Å². The first-order chi connectivity index (χ1) is 22.2. The Kier molecular flexibility index (Phi) is 9.74. The molecule has 0 unspecified atom stereocenters. The number of benzene rings is 2. The second kappa shape index (κ2) is 13.3. The van der Waals surface area contributed by atoms with Crippen LogP contribution in [0.15, 0.2) is 18.2 Å². The maximum absolute atomic E-state index is 13.8. The molecule has 9 N–H and O–H groups in total. The number of carbonyl (C=O) groups is 4. The zero-order valence-electron chi connectivity index (χ0n) is 26.4. The normalized spacial score (nSPS) is 27.3. The van der Waals surface area contributed by atoms with Crippen LogP contribution in [0.5, 0.6) is 17.2 Å². The number of ether oxygens (including phenoxy) is 3. The van der Waals surface area contributed by atoms with E-state index in [1.54, 1.807) is 6.92 Å². The lowest BCUT2D eigenvalue weighted by molar-refractivity contribution is -0.249. The van der Waals surface area contributed by atoms with Crippen LogP contribution in [0.1, 0.15) is 95.0 Å². The molecule has 2 aromatic carbocycles. The first-order valence-electron chi connectivity index (χ1n) is 15.6. The molecule has 0 spiro atoms. The number of methoxy groups -OCH3 is 1. The summed E-state index contributed by atoms with van der Waals surface area (Å²) in [4.78, 5) is 53.0. The van der Waals surface area contributed by atoms with Gasteiger partial charge in [0.05, 0.1) is 48.1 Å². The molecule has 254 valence electrons. The van der Waals surface area contributed by atoms with E-state index in [-0.39, 0.29) is 34.4 Å². The number of amides is 1. The molecule has 0 aromatic heterocycles. The van der Waals surface area contributed by atoms with Gasteiger partial charge in [-0.3, -0.25) is 19.2 Å². The molecular weight excluding hydrogens is 614 g/mol. The van der Waals surface area contributed by atoms with Crippen molar-refractivity contribution >= 4 is 23.3 Å². The molecule has 2 aliphatic carbocycles. The third-order valence-corrected chi connectivity index (χ3v) is 9.39. The molecule has 14 nitrogen and oxygen atoms in total. The van der Waals surface area contributed by atoms with E-state index in [0.717, 1.165) is 6.92 Å². The largest absolute Gasteiger partial charge is 0.507 e. The number of fused-ring (bicyclic) bond motifs is 3. The van der Waals surface area contributed by atoms with Crippen molar-refractivity contribution in [2.75, 3.05) is 13.7 Å². The van der Waals surface area contributed by atoms with Gasteiger partial charge in [0.25, 0.3) is 0 Å². The number of carbonyl (C=O) groups excluding carboxylic acids is 4. The van der Waals surface area contributed by atoms with Crippen molar-refractivity contribution in [3.8, 4) is 17.2 Å². The highest BCUT2D eigenvalue weighted by Gasteiger charge is 2.49. The Balaban J connectivity index is 1.52. The van der Waals surface area contributed by atoms with Gasteiger partial charge >= 0.3 is 0 Å². The number of hydrogen-bond acceptors (Lipinski definition) is 13. The van der Waals surface area contributed by atoms with Crippen molar-refractivity contribution in [2.45, 2.75) is 94.7 Å². The minimum atomic E-state index is -2.08. The van der Waals surface area contributed by atoms with Crippen LogP contribution >= 0.6 is 0 Å². The fraction of sp³-hybridized carbons (Fsp3) is 0.515. The lowest BCUT2D eigenvalue weighted by atomic mass is 9.72. The number of aliphatic hydroxyl groups is 2. The molecule has 1 fully saturated rings. The number of nitrogens with two attached hydrogens (primary N) is 2. The maximum atomic E-state index is 13.8. The highest BCUT2D eigenvalue weighted by Crippen LogP contribution is 2.52. The summed E-state index contributed by atoms with van der Waals surface area (Å²) < 4.78 is 17.4. The fourth-order valence-electron chi connectivity index (χ4n) is 6.70. The third-order valence-electron chi connectivity index (χ3n) is 9.39. The smallest absolute Gasteiger partial charge is 0.237 e. The zero-order chi connectivity index (χ0) is 34.4. The van der Waals surface area contributed by atoms with Crippen LogP contribution < -0.4 is 21.5 Å². The van der Waals surface area contributed by atoms with Gasteiger partial charge in [-0.1, -0.05) is 18.6 Å². The molecule has 0 saturated carbocycles. The van der Waals surface area contributed by atoms with E-state index in [4.69, 9.17) is 25.7 Å². The molecule has 2 aromatic rings. The van der Waals surface area contributed by atoms with Gasteiger partial charge in [0.1, 0.15) is 29.0 Å². The van der Waals surface area contributed by atoms with E-state index in [0.29, 0.717) is 25.8 Å². The minimum Gasteiger partial charge on any atom is -0.507 e. The Bertz CT molecular complexity index is 1610. The molecule has 7 atom stereocenters. The highest BCUT2D eigenvalue weighted by molar-refractivity contribution is 6.31. The Morgan fingerprint density at radius 1 is 1.13 bits per heavy atom. The molecular formula is C33H41N3O11. The lowest BCUT2D eigenvalue weighted by Crippen LogP contribution is -2.58. The van der Waals surface area contributed by atoms with Crippen LogP contribution in [0.4, 0.5) is 0 Å². The van der Waals surface area contributed by atoms with Crippen molar-refractivity contribution < 1.29 is 53.8 Å². The van der Waals surface area contributed by atoms with E-state index in [1.165, 1.54) is 25.3 Å². The van der Waals surface area contributed by atoms with Gasteiger partial charge in [0.15, 0.2) is 17.9 Å². The molecule has 3 aliphatic rings. The molecule has 0 radical (unpaired) electrons. The number of hydrogen-bond donors (Lipinski definition) is 7. The van der Waals surface area contributed by atoms with Gasteiger partial charge < -0.3 is 51.4 Å². The van der Waals surface area contributed by atoms with Crippen LogP contribution in [-0.4, -0.2) is 93.5 Å². The molecule has 0 bridgehead atoms. The van der Waals surface area contributed by atoms with Gasteiger partial charge in [-0.2, -0.15) is 0 Å². The van der Waals surface area contributed by atoms with E-state index in [1.807, 2.05) is 0 Å². The summed E-state index contributed by atoms with van der Waals surface area (Å²) in [6.45, 7) is 3.19. The molecule has 1 aliphatic heterocycles. The number of unbranched alkanes of at least 4 members (excludes halogenated alkanes) is 1. The number of aromatic hydroxyl groups is 2. The molecule has 47 heavy (non-hydrogen) atoms. The Labute approximate surface area is 271 Å². The third kappa shape index (κ3) is 6.12. The van der Waals surface area contributed by atoms with Crippen LogP contribution in [0.2, 0.25) is 0 Å². The van der Waals surface area contributed by atoms with E-state index in [9.17, 15) is 39.6 Å². The van der Waals surface area contributed by atoms with E-state index in [2.05, 4.69) is 5.32 Å². The van der Waals surface area contributed by atoms with Gasteiger partial charge in [0.2, 0.25) is 11.7 Å². The van der Waals surface area contributed by atoms with Gasteiger partial charge in [-0.15, -0.1) is 0 Å². The summed E-state index contributed by atoms with van der Waals surface area (Å²) in [5.74, 6) is -3.90. The number of ketones is 3. The first-order valence-corrected chi connectivity index (χ1v) is 15.6. The van der Waals surface area contributed by atoms with Crippen molar-refractivity contribution in [3.63, 3.8) is 0 Å². The predicted molar refractivity (Wildman–Crippen MR) is 165 cm³/mol. The number of phenolic OH excluding ortho intramolecular Hbond substituents is 2. The zero-order valence-corrected chi connectivity index (χ0v) is 26.4. The average Bonchev–Trinajstić information content (AvgIpc) is 3.03. The first kappa shape index (κ1) is 34.4. The minimum absolute atomic E-state index is 0.0442. The summed E-state index contributed by atoms with van der Waals surface area (Å²) >= 11 is 0. The fourth-order valence-corrected chi connectivity index (χ4v) is 6.70. The summed E-state index contributed by atoms with van der Waals surface area (Å²) in [6, 6.07) is 2.70. The SMILES string of the molecule is COc1cccc2c1C(=O)c1c(O)c3c(c(O)c1C2=O)C[C@@](O)(C(C)=O)C[C@H]3O[C@H]1C[C@@H](NC(=O)[C@H](N)CCCCN)[C@H](O)[C@@H](C)O1. The van der Waals surface area contributed by atoms with Gasteiger partial charge in [-0.05, 0) is 39.3 Å². The number of rotatable bonds is 10. The Morgan fingerprint density at radius 3 is 2.49 bits per heavy atom. The number of phenols is 2. The molecule has 14 heteroatoms. The molecule has 1 heterocycles. The summed E-state index contributed by atoms with van der Waals surface area (Å²) in [6.07, 6.45) is -3.70. The van der Waals surface area contributed by atoms with E-state index < -0.39 is 101 Å². The molecule has 5 rings (SSSR count). The molecule has 1 amide bonds. The Morgan fingerprint density at radius 2 is 1.83 bits per heavy atom. The molecule has 1 saturated heterocycles. The topological polar surface area (TPSA) is 241 Å². The number of Topliss-reactive ketones (excluding diaryl/α,β-unsaturated/α-hetero) is 1. The van der Waals surface area contributed by atoms with Gasteiger partial charge in [-0.25, -0.2) is 0 Å². The van der Waals surface area contributed by atoms with E-state index >= 15 is 0 Å². The second-order valence-corrected chi connectivity index (χ2v) is 12.5. The van der Waals surface area contributed by atoms with Crippen molar-refractivity contribution in [3.05, 3.63) is 51.6 Å². The van der Waals surface area contributed by atoms with Crippen LogP contribution in [0.25, 0.3) is 0 Å². The van der Waals surface area contributed by atoms with Gasteiger partial charge in [0, 0.05) is 36.0 Å². The quantitative estimate of drug-likeness (QED) is 0.117. The predicted octanol–water partition coefficient (Wildman–Crippen LogP) is 0.643. The Hall–Kier alpha value is -3.92. The van der Waals surface area contributed by atoms with Crippen LogP contribution in [0.3, 0.4) is 0 Å². The van der Waals surface area contributed by atoms with Crippen LogP contribution in [-0.2, 0) is 25.5 Å². The number of aliphatic hydroxyl groups excluding tert-OH is 1. The lowest BCUT2D eigenvalue weighted by Gasteiger charge is -2.43. The monoisotopic (exact) mass is 655 g/mol.